The summed E-state index contributed by atoms with van der Waals surface area (Å²) in [6, 6.07) is 11.5. The Morgan fingerprint density at radius 1 is 1.04 bits per heavy atom. The van der Waals surface area contributed by atoms with Crippen LogP contribution in [0.25, 0.3) is 6.08 Å². The largest absolute Gasteiger partial charge is 0.493 e. The van der Waals surface area contributed by atoms with Gasteiger partial charge in [0.25, 0.3) is 5.91 Å². The van der Waals surface area contributed by atoms with Crippen molar-refractivity contribution in [3.05, 3.63) is 63.8 Å². The van der Waals surface area contributed by atoms with Gasteiger partial charge in [-0.2, -0.15) is 0 Å². The van der Waals surface area contributed by atoms with Gasteiger partial charge in [-0.25, -0.2) is 4.79 Å². The molecule has 0 saturated carbocycles. The SMILES string of the molecule is COc1ccc(/C=C(/NC(=O)c2ccc(Br)cc2)C(=O)O)cc1OC. The summed E-state index contributed by atoms with van der Waals surface area (Å²) in [5.41, 5.74) is 0.647. The average molecular weight is 406 g/mol. The predicted molar refractivity (Wildman–Crippen MR) is 96.8 cm³/mol. The Morgan fingerprint density at radius 2 is 1.68 bits per heavy atom. The minimum absolute atomic E-state index is 0.250. The average Bonchev–Trinajstić information content (AvgIpc) is 2.61. The van der Waals surface area contributed by atoms with Crippen molar-refractivity contribution in [2.75, 3.05) is 14.2 Å². The van der Waals surface area contributed by atoms with Gasteiger partial charge in [-0.15, -0.1) is 0 Å². The summed E-state index contributed by atoms with van der Waals surface area (Å²) in [7, 11) is 2.99. The van der Waals surface area contributed by atoms with Crippen LogP contribution in [0.3, 0.4) is 0 Å². The number of hydrogen-bond donors (Lipinski definition) is 2. The quantitative estimate of drug-likeness (QED) is 0.719. The lowest BCUT2D eigenvalue weighted by molar-refractivity contribution is -0.132. The van der Waals surface area contributed by atoms with Gasteiger partial charge in [0.1, 0.15) is 5.70 Å². The third-order valence-electron chi connectivity index (χ3n) is 3.30. The van der Waals surface area contributed by atoms with Crippen LogP contribution in [0, 0.1) is 0 Å². The van der Waals surface area contributed by atoms with Gasteiger partial charge in [0, 0.05) is 10.0 Å². The van der Waals surface area contributed by atoms with Crippen LogP contribution < -0.4 is 14.8 Å². The van der Waals surface area contributed by atoms with E-state index in [-0.39, 0.29) is 5.70 Å². The first-order valence-electron chi connectivity index (χ1n) is 7.18. The van der Waals surface area contributed by atoms with Crippen LogP contribution in [-0.4, -0.2) is 31.2 Å². The lowest BCUT2D eigenvalue weighted by atomic mass is 10.1. The van der Waals surface area contributed by atoms with Crippen molar-refractivity contribution in [1.29, 1.82) is 0 Å². The molecule has 0 fully saturated rings. The maximum absolute atomic E-state index is 12.2. The van der Waals surface area contributed by atoms with E-state index in [0.717, 1.165) is 4.47 Å². The molecule has 0 unspecified atom stereocenters. The van der Waals surface area contributed by atoms with Gasteiger partial charge < -0.3 is 19.9 Å². The molecular weight excluding hydrogens is 390 g/mol. The fourth-order valence-electron chi connectivity index (χ4n) is 2.06. The van der Waals surface area contributed by atoms with Crippen LogP contribution in [0.1, 0.15) is 15.9 Å². The number of carbonyl (C=O) groups excluding carboxylic acids is 1. The van der Waals surface area contributed by atoms with Crippen LogP contribution in [0.4, 0.5) is 0 Å². The van der Waals surface area contributed by atoms with E-state index in [4.69, 9.17) is 9.47 Å². The lowest BCUT2D eigenvalue weighted by Crippen LogP contribution is -2.27. The number of carbonyl (C=O) groups is 2. The maximum atomic E-state index is 12.2. The summed E-state index contributed by atoms with van der Waals surface area (Å²) in [4.78, 5) is 23.7. The zero-order valence-electron chi connectivity index (χ0n) is 13.6. The van der Waals surface area contributed by atoms with Crippen LogP contribution in [0.5, 0.6) is 11.5 Å². The Morgan fingerprint density at radius 3 is 2.24 bits per heavy atom. The van der Waals surface area contributed by atoms with Crippen LogP contribution >= 0.6 is 15.9 Å². The van der Waals surface area contributed by atoms with Gasteiger partial charge in [-0.3, -0.25) is 4.79 Å². The molecule has 1 amide bonds. The maximum Gasteiger partial charge on any atom is 0.352 e. The highest BCUT2D eigenvalue weighted by Gasteiger charge is 2.14. The predicted octanol–water partition coefficient (Wildman–Crippen LogP) is 3.32. The molecule has 2 rings (SSSR count). The molecule has 2 aromatic rings. The minimum atomic E-state index is -1.25. The number of carboxylic acids is 1. The van der Waals surface area contributed by atoms with Crippen LogP contribution in [-0.2, 0) is 4.79 Å². The van der Waals surface area contributed by atoms with E-state index in [0.29, 0.717) is 22.6 Å². The molecule has 0 aliphatic rings. The van der Waals surface area contributed by atoms with Gasteiger partial charge in [-0.05, 0) is 48.0 Å². The Hall–Kier alpha value is -2.80. The van der Waals surface area contributed by atoms with Gasteiger partial charge in [-0.1, -0.05) is 22.0 Å². The van der Waals surface area contributed by atoms with Crippen LogP contribution in [0.2, 0.25) is 0 Å². The van der Waals surface area contributed by atoms with Gasteiger partial charge in [0.2, 0.25) is 0 Å². The molecule has 0 aromatic heterocycles. The standard InChI is InChI=1S/C18H16BrNO5/c1-24-15-8-3-11(10-16(15)25-2)9-14(18(22)23)20-17(21)12-4-6-13(19)7-5-12/h3-10H,1-2H3,(H,20,21)(H,22,23)/b14-9+. The van der Waals surface area contributed by atoms with E-state index in [2.05, 4.69) is 21.2 Å². The summed E-state index contributed by atoms with van der Waals surface area (Å²) in [6.07, 6.45) is 1.35. The van der Waals surface area contributed by atoms with Gasteiger partial charge >= 0.3 is 5.97 Å². The van der Waals surface area contributed by atoms with Crippen molar-refractivity contribution in [1.82, 2.24) is 5.32 Å². The Bertz CT molecular complexity index is 815. The number of aliphatic carboxylic acids is 1. The third kappa shape index (κ3) is 4.84. The van der Waals surface area contributed by atoms with E-state index >= 15 is 0 Å². The molecule has 7 heteroatoms. The molecule has 25 heavy (non-hydrogen) atoms. The fourth-order valence-corrected chi connectivity index (χ4v) is 2.32. The molecular formula is C18H16BrNO5. The normalized spacial score (nSPS) is 10.9. The number of rotatable bonds is 6. The van der Waals surface area contributed by atoms with E-state index in [1.807, 2.05) is 0 Å². The molecule has 2 N–H and O–H groups in total. The number of amides is 1. The monoisotopic (exact) mass is 405 g/mol. The number of hydrogen-bond acceptors (Lipinski definition) is 4. The Balaban J connectivity index is 2.28. The molecule has 0 spiro atoms. The zero-order chi connectivity index (χ0) is 18.4. The molecule has 0 saturated heterocycles. The van der Waals surface area contributed by atoms with Crippen molar-refractivity contribution < 1.29 is 24.2 Å². The lowest BCUT2D eigenvalue weighted by Gasteiger charge is -2.09. The molecule has 0 radical (unpaired) electrons. The highest BCUT2D eigenvalue weighted by atomic mass is 79.9. The van der Waals surface area contributed by atoms with E-state index in [1.54, 1.807) is 42.5 Å². The molecule has 0 aliphatic carbocycles. The second-order valence-corrected chi connectivity index (χ2v) is 5.85. The summed E-state index contributed by atoms with van der Waals surface area (Å²) in [6.45, 7) is 0. The molecule has 2 aromatic carbocycles. The van der Waals surface area contributed by atoms with Crippen molar-refractivity contribution in [2.24, 2.45) is 0 Å². The first-order valence-corrected chi connectivity index (χ1v) is 7.98. The molecule has 0 heterocycles. The van der Waals surface area contributed by atoms with Crippen molar-refractivity contribution in [3.63, 3.8) is 0 Å². The molecule has 6 nitrogen and oxygen atoms in total. The van der Waals surface area contributed by atoms with E-state index in [1.165, 1.54) is 20.3 Å². The topological polar surface area (TPSA) is 84.9 Å². The zero-order valence-corrected chi connectivity index (χ0v) is 15.2. The van der Waals surface area contributed by atoms with Crippen LogP contribution in [0.15, 0.2) is 52.6 Å². The highest BCUT2D eigenvalue weighted by molar-refractivity contribution is 9.10. The molecule has 0 atom stereocenters. The Labute approximate surface area is 153 Å². The highest BCUT2D eigenvalue weighted by Crippen LogP contribution is 2.28. The number of halogens is 1. The first kappa shape index (κ1) is 18.5. The smallest absolute Gasteiger partial charge is 0.352 e. The summed E-state index contributed by atoms with van der Waals surface area (Å²) in [5, 5.41) is 11.8. The van der Waals surface area contributed by atoms with Crippen molar-refractivity contribution >= 4 is 33.9 Å². The molecule has 0 aliphatic heterocycles. The first-order chi connectivity index (χ1) is 11.9. The third-order valence-corrected chi connectivity index (χ3v) is 3.83. The summed E-state index contributed by atoms with van der Waals surface area (Å²) < 4.78 is 11.1. The Kier molecular flexibility index (Phi) is 6.19. The summed E-state index contributed by atoms with van der Waals surface area (Å²) in [5.74, 6) is -0.780. The van der Waals surface area contributed by atoms with Crippen molar-refractivity contribution in [2.45, 2.75) is 0 Å². The number of ether oxygens (including phenoxy) is 2. The molecule has 130 valence electrons. The fraction of sp³-hybridized carbons (Fsp3) is 0.111. The molecule has 0 bridgehead atoms. The second-order valence-electron chi connectivity index (χ2n) is 4.94. The number of nitrogens with one attached hydrogen (secondary N) is 1. The minimum Gasteiger partial charge on any atom is -0.493 e. The van der Waals surface area contributed by atoms with E-state index < -0.39 is 11.9 Å². The van der Waals surface area contributed by atoms with Gasteiger partial charge in [0.05, 0.1) is 14.2 Å². The number of carboxylic acid groups (broad SMARTS) is 1. The van der Waals surface area contributed by atoms with Crippen molar-refractivity contribution in [3.8, 4) is 11.5 Å². The number of benzene rings is 2. The van der Waals surface area contributed by atoms with Gasteiger partial charge in [0.15, 0.2) is 11.5 Å². The number of methoxy groups -OCH3 is 2. The van der Waals surface area contributed by atoms with E-state index in [9.17, 15) is 14.7 Å². The summed E-state index contributed by atoms with van der Waals surface area (Å²) >= 11 is 3.28. The second kappa shape index (κ2) is 8.34.